The van der Waals surface area contributed by atoms with Gasteiger partial charge < -0.3 is 20.1 Å². The molecule has 0 aliphatic carbocycles. The number of methoxy groups -OCH3 is 1. The smallest absolute Gasteiger partial charge is 0.220 e. The summed E-state index contributed by atoms with van der Waals surface area (Å²) in [6, 6.07) is 15.3. The Bertz CT molecular complexity index is 761. The summed E-state index contributed by atoms with van der Waals surface area (Å²) in [6.07, 6.45) is 2.93. The summed E-state index contributed by atoms with van der Waals surface area (Å²) in [5, 5.41) is 6.42. The summed E-state index contributed by atoms with van der Waals surface area (Å²) in [7, 11) is 1.62. The van der Waals surface area contributed by atoms with Gasteiger partial charge in [-0.1, -0.05) is 31.2 Å². The van der Waals surface area contributed by atoms with Gasteiger partial charge in [0.05, 0.1) is 7.11 Å². The lowest BCUT2D eigenvalue weighted by molar-refractivity contribution is -0.122. The van der Waals surface area contributed by atoms with Gasteiger partial charge in [0.2, 0.25) is 5.91 Å². The van der Waals surface area contributed by atoms with Crippen molar-refractivity contribution >= 4 is 18.3 Å². The molecule has 29 heavy (non-hydrogen) atoms. The van der Waals surface area contributed by atoms with E-state index in [2.05, 4.69) is 17.6 Å². The molecule has 2 aromatic carbocycles. The molecule has 2 aromatic rings. The molecular formula is C23H31ClN2O3. The highest BCUT2D eigenvalue weighted by atomic mass is 35.5. The molecule has 1 amide bonds. The molecule has 1 saturated heterocycles. The second-order valence-corrected chi connectivity index (χ2v) is 7.44. The summed E-state index contributed by atoms with van der Waals surface area (Å²) in [5.74, 6) is 3.32. The summed E-state index contributed by atoms with van der Waals surface area (Å²) in [6.45, 7) is 4.87. The Balaban J connectivity index is 0.00000300. The van der Waals surface area contributed by atoms with Crippen molar-refractivity contribution in [3.8, 4) is 17.2 Å². The number of ether oxygens (including phenoxy) is 2. The van der Waals surface area contributed by atoms with Crippen LogP contribution in [-0.2, 0) is 11.3 Å². The number of carbonyl (C=O) groups is 1. The maximum Gasteiger partial charge on any atom is 0.220 e. The van der Waals surface area contributed by atoms with Gasteiger partial charge in [-0.3, -0.25) is 4.79 Å². The highest BCUT2D eigenvalue weighted by Gasteiger charge is 2.21. The van der Waals surface area contributed by atoms with Crippen LogP contribution in [0.2, 0.25) is 0 Å². The number of hydrogen-bond donors (Lipinski definition) is 2. The molecule has 0 bridgehead atoms. The van der Waals surface area contributed by atoms with E-state index in [1.165, 1.54) is 12.8 Å². The zero-order valence-corrected chi connectivity index (χ0v) is 18.0. The first-order valence-electron chi connectivity index (χ1n) is 10.0. The van der Waals surface area contributed by atoms with Crippen LogP contribution in [0.4, 0.5) is 0 Å². The Hall–Kier alpha value is -2.24. The largest absolute Gasteiger partial charge is 0.493 e. The van der Waals surface area contributed by atoms with Gasteiger partial charge >= 0.3 is 0 Å². The van der Waals surface area contributed by atoms with Crippen molar-refractivity contribution in [2.75, 3.05) is 20.2 Å². The zero-order chi connectivity index (χ0) is 19.8. The maximum atomic E-state index is 12.3. The number of amides is 1. The van der Waals surface area contributed by atoms with Gasteiger partial charge in [0, 0.05) is 13.0 Å². The average molecular weight is 419 g/mol. The van der Waals surface area contributed by atoms with Crippen LogP contribution in [0.25, 0.3) is 0 Å². The lowest BCUT2D eigenvalue weighted by atomic mass is 9.84. The van der Waals surface area contributed by atoms with Crippen LogP contribution in [0, 0.1) is 11.8 Å². The monoisotopic (exact) mass is 418 g/mol. The summed E-state index contributed by atoms with van der Waals surface area (Å²) in [5.41, 5.74) is 1.05. The second-order valence-electron chi connectivity index (χ2n) is 7.44. The minimum atomic E-state index is 0. The molecule has 1 unspecified atom stereocenters. The lowest BCUT2D eigenvalue weighted by Crippen LogP contribution is -2.33. The van der Waals surface area contributed by atoms with Crippen molar-refractivity contribution in [3.63, 3.8) is 0 Å². The number of nitrogens with one attached hydrogen (secondary N) is 2. The maximum absolute atomic E-state index is 12.3. The summed E-state index contributed by atoms with van der Waals surface area (Å²) >= 11 is 0. The highest BCUT2D eigenvalue weighted by Crippen LogP contribution is 2.31. The lowest BCUT2D eigenvalue weighted by Gasteiger charge is -2.27. The first kappa shape index (κ1) is 23.0. The van der Waals surface area contributed by atoms with E-state index in [1.54, 1.807) is 7.11 Å². The number of rotatable bonds is 8. The van der Waals surface area contributed by atoms with Crippen LogP contribution in [0.15, 0.2) is 48.5 Å². The van der Waals surface area contributed by atoms with Gasteiger partial charge in [0.15, 0.2) is 11.5 Å². The molecule has 5 nitrogen and oxygen atoms in total. The Labute approximate surface area is 179 Å². The van der Waals surface area contributed by atoms with Crippen molar-refractivity contribution < 1.29 is 14.3 Å². The van der Waals surface area contributed by atoms with Crippen LogP contribution in [0.3, 0.4) is 0 Å². The van der Waals surface area contributed by atoms with Gasteiger partial charge in [-0.25, -0.2) is 0 Å². The van der Waals surface area contributed by atoms with E-state index in [1.807, 2.05) is 48.5 Å². The van der Waals surface area contributed by atoms with E-state index < -0.39 is 0 Å². The minimum absolute atomic E-state index is 0. The Morgan fingerprint density at radius 2 is 1.76 bits per heavy atom. The molecule has 0 saturated carbocycles. The van der Waals surface area contributed by atoms with Crippen LogP contribution >= 0.6 is 12.4 Å². The third kappa shape index (κ3) is 6.94. The number of para-hydroxylation sites is 2. The molecule has 1 atom stereocenters. The van der Waals surface area contributed by atoms with Crippen LogP contribution in [0.1, 0.15) is 31.7 Å². The Morgan fingerprint density at radius 1 is 1.10 bits per heavy atom. The van der Waals surface area contributed by atoms with Crippen LogP contribution < -0.4 is 20.1 Å². The molecular weight excluding hydrogens is 388 g/mol. The molecule has 1 aliphatic heterocycles. The van der Waals surface area contributed by atoms with Gasteiger partial charge in [-0.05, 0) is 67.6 Å². The number of hydrogen-bond acceptors (Lipinski definition) is 4. The van der Waals surface area contributed by atoms with Crippen molar-refractivity contribution in [2.45, 2.75) is 32.7 Å². The van der Waals surface area contributed by atoms with Crippen LogP contribution in [-0.4, -0.2) is 26.1 Å². The number of halogens is 1. The third-order valence-electron chi connectivity index (χ3n) is 5.41. The number of benzene rings is 2. The zero-order valence-electron chi connectivity index (χ0n) is 17.1. The van der Waals surface area contributed by atoms with Gasteiger partial charge in [0.1, 0.15) is 5.75 Å². The third-order valence-corrected chi connectivity index (χ3v) is 5.41. The standard InChI is InChI=1S/C23H30N2O3.ClH/c1-17(19-11-13-24-14-12-19)15-23(26)25-16-18-7-9-20(10-8-18)28-22-6-4-3-5-21(22)27-2;/h3-10,17,19,24H,11-16H2,1-2H3,(H,25,26);1H. The topological polar surface area (TPSA) is 59.6 Å². The fourth-order valence-electron chi connectivity index (χ4n) is 3.65. The van der Waals surface area contributed by atoms with Crippen molar-refractivity contribution in [1.29, 1.82) is 0 Å². The quantitative estimate of drug-likeness (QED) is 0.660. The Morgan fingerprint density at radius 3 is 2.41 bits per heavy atom. The van der Waals surface area contributed by atoms with Gasteiger partial charge in [-0.15, -0.1) is 12.4 Å². The molecule has 1 aliphatic rings. The summed E-state index contributed by atoms with van der Waals surface area (Å²) < 4.78 is 11.2. The molecule has 0 aromatic heterocycles. The predicted octanol–water partition coefficient (Wildman–Crippen LogP) is 4.55. The van der Waals surface area contributed by atoms with E-state index in [0.717, 1.165) is 24.4 Å². The normalized spacial score (nSPS) is 15.1. The second kappa shape index (κ2) is 11.7. The highest BCUT2D eigenvalue weighted by molar-refractivity contribution is 5.85. The molecule has 6 heteroatoms. The average Bonchev–Trinajstić information content (AvgIpc) is 2.74. The SMILES string of the molecule is COc1ccccc1Oc1ccc(CNC(=O)CC(C)C2CCNCC2)cc1.Cl. The fraction of sp³-hybridized carbons (Fsp3) is 0.435. The van der Waals surface area contributed by atoms with E-state index in [0.29, 0.717) is 36.3 Å². The molecule has 0 spiro atoms. The Kier molecular flexibility index (Phi) is 9.29. The van der Waals surface area contributed by atoms with Crippen molar-refractivity contribution in [3.05, 3.63) is 54.1 Å². The molecule has 3 rings (SSSR count). The van der Waals surface area contributed by atoms with Crippen LogP contribution in [0.5, 0.6) is 17.2 Å². The molecule has 1 fully saturated rings. The van der Waals surface area contributed by atoms with Gasteiger partial charge in [-0.2, -0.15) is 0 Å². The first-order valence-corrected chi connectivity index (χ1v) is 10.0. The van der Waals surface area contributed by atoms with Crippen molar-refractivity contribution in [2.24, 2.45) is 11.8 Å². The van der Waals surface area contributed by atoms with E-state index in [4.69, 9.17) is 9.47 Å². The van der Waals surface area contributed by atoms with Gasteiger partial charge in [0.25, 0.3) is 0 Å². The molecule has 2 N–H and O–H groups in total. The molecule has 158 valence electrons. The van der Waals surface area contributed by atoms with E-state index >= 15 is 0 Å². The number of carbonyl (C=O) groups excluding carboxylic acids is 1. The fourth-order valence-corrected chi connectivity index (χ4v) is 3.65. The number of piperidine rings is 1. The predicted molar refractivity (Wildman–Crippen MR) is 118 cm³/mol. The molecule has 0 radical (unpaired) electrons. The van der Waals surface area contributed by atoms with Crippen molar-refractivity contribution in [1.82, 2.24) is 10.6 Å². The van der Waals surface area contributed by atoms with E-state index in [9.17, 15) is 4.79 Å². The summed E-state index contributed by atoms with van der Waals surface area (Å²) in [4.78, 5) is 12.3. The minimum Gasteiger partial charge on any atom is -0.493 e. The molecule has 1 heterocycles. The first-order chi connectivity index (χ1) is 13.7. The van der Waals surface area contributed by atoms with E-state index in [-0.39, 0.29) is 18.3 Å².